The molecule has 0 spiro atoms. The minimum Gasteiger partial charge on any atom is -0.381 e. The third kappa shape index (κ3) is 2.62. The van der Waals surface area contributed by atoms with Gasteiger partial charge in [-0.25, -0.2) is 9.97 Å². The van der Waals surface area contributed by atoms with E-state index in [1.807, 2.05) is 27.0 Å². The van der Waals surface area contributed by atoms with Crippen LogP contribution in [0, 0.1) is 6.92 Å². The first-order valence-electron chi connectivity index (χ1n) is 6.46. The van der Waals surface area contributed by atoms with E-state index < -0.39 is 0 Å². The van der Waals surface area contributed by atoms with E-state index >= 15 is 0 Å². The van der Waals surface area contributed by atoms with Gasteiger partial charge < -0.3 is 14.8 Å². The van der Waals surface area contributed by atoms with Crippen LogP contribution < -0.4 is 5.32 Å². The third-order valence-electron chi connectivity index (χ3n) is 3.24. The number of ether oxygens (including phenoxy) is 2. The minimum absolute atomic E-state index is 0.384. The lowest BCUT2D eigenvalue weighted by atomic mass is 9.92. The average molecular weight is 251 g/mol. The largest absolute Gasteiger partial charge is 0.381 e. The summed E-state index contributed by atoms with van der Waals surface area (Å²) in [6.45, 7) is 6.04. The van der Waals surface area contributed by atoms with Crippen LogP contribution in [-0.2, 0) is 15.1 Å². The molecule has 1 fully saturated rings. The highest BCUT2D eigenvalue weighted by Gasteiger charge is 2.38. The van der Waals surface area contributed by atoms with E-state index in [0.29, 0.717) is 19.8 Å². The zero-order valence-electron chi connectivity index (χ0n) is 11.3. The summed E-state index contributed by atoms with van der Waals surface area (Å²) in [7, 11) is 1.86. The van der Waals surface area contributed by atoms with Crippen LogP contribution in [0.3, 0.4) is 0 Å². The molecule has 1 aromatic heterocycles. The molecule has 2 rings (SSSR count). The predicted molar refractivity (Wildman–Crippen MR) is 69.7 cm³/mol. The van der Waals surface area contributed by atoms with Crippen LogP contribution in [0.15, 0.2) is 6.07 Å². The molecule has 100 valence electrons. The maximum Gasteiger partial charge on any atom is 0.163 e. The van der Waals surface area contributed by atoms with E-state index in [-0.39, 0.29) is 5.60 Å². The van der Waals surface area contributed by atoms with Crippen LogP contribution in [0.5, 0.6) is 0 Å². The number of nitrogens with zero attached hydrogens (tertiary/aromatic N) is 2. The molecule has 1 aliphatic heterocycles. The molecule has 0 saturated carbocycles. The fraction of sp³-hybridized carbons (Fsp3) is 0.692. The fourth-order valence-electron chi connectivity index (χ4n) is 2.31. The van der Waals surface area contributed by atoms with E-state index in [4.69, 9.17) is 9.47 Å². The van der Waals surface area contributed by atoms with Crippen molar-refractivity contribution < 1.29 is 9.47 Å². The van der Waals surface area contributed by atoms with E-state index in [0.717, 1.165) is 30.2 Å². The van der Waals surface area contributed by atoms with Crippen molar-refractivity contribution in [3.8, 4) is 0 Å². The van der Waals surface area contributed by atoms with E-state index in [2.05, 4.69) is 15.3 Å². The van der Waals surface area contributed by atoms with Crippen molar-refractivity contribution in [3.05, 3.63) is 17.6 Å². The van der Waals surface area contributed by atoms with Gasteiger partial charge in [-0.15, -0.1) is 0 Å². The smallest absolute Gasteiger partial charge is 0.163 e. The first-order chi connectivity index (χ1) is 8.70. The molecule has 0 aromatic carbocycles. The zero-order chi connectivity index (χ0) is 13.0. The highest BCUT2D eigenvalue weighted by Crippen LogP contribution is 2.34. The first kappa shape index (κ1) is 13.2. The summed E-state index contributed by atoms with van der Waals surface area (Å²) in [5, 5.41) is 3.07. The maximum absolute atomic E-state index is 5.98. The molecular formula is C13H21N3O2. The van der Waals surface area contributed by atoms with Crippen LogP contribution in [0.1, 0.15) is 31.3 Å². The Morgan fingerprint density at radius 2 is 2.11 bits per heavy atom. The minimum atomic E-state index is -0.384. The van der Waals surface area contributed by atoms with Gasteiger partial charge in [0.05, 0.1) is 0 Å². The van der Waals surface area contributed by atoms with Crippen LogP contribution in [0.4, 0.5) is 5.82 Å². The molecule has 1 aromatic rings. The number of rotatable bonds is 4. The highest BCUT2D eigenvalue weighted by molar-refractivity contribution is 5.35. The van der Waals surface area contributed by atoms with Gasteiger partial charge in [-0.1, -0.05) is 0 Å². The number of anilines is 1. The van der Waals surface area contributed by atoms with Crippen molar-refractivity contribution in [3.63, 3.8) is 0 Å². The number of nitrogens with one attached hydrogen (secondary N) is 1. The van der Waals surface area contributed by atoms with Gasteiger partial charge >= 0.3 is 0 Å². The van der Waals surface area contributed by atoms with Gasteiger partial charge in [0.1, 0.15) is 11.4 Å². The Morgan fingerprint density at radius 3 is 2.72 bits per heavy atom. The monoisotopic (exact) mass is 251 g/mol. The van der Waals surface area contributed by atoms with E-state index in [1.54, 1.807) is 0 Å². The van der Waals surface area contributed by atoms with Gasteiger partial charge in [0.15, 0.2) is 5.82 Å². The number of aromatic nitrogens is 2. The Morgan fingerprint density at radius 1 is 1.39 bits per heavy atom. The zero-order valence-corrected chi connectivity index (χ0v) is 11.3. The summed E-state index contributed by atoms with van der Waals surface area (Å²) in [5.41, 5.74) is 0.569. The second-order valence-electron chi connectivity index (χ2n) is 4.51. The van der Waals surface area contributed by atoms with Crippen LogP contribution in [-0.4, -0.2) is 36.8 Å². The van der Waals surface area contributed by atoms with Crippen molar-refractivity contribution in [2.45, 2.75) is 32.3 Å². The van der Waals surface area contributed by atoms with Gasteiger partial charge in [-0.2, -0.15) is 0 Å². The first-order valence-corrected chi connectivity index (χ1v) is 6.46. The Labute approximate surface area is 108 Å². The summed E-state index contributed by atoms with van der Waals surface area (Å²) in [4.78, 5) is 9.13. The molecule has 0 amide bonds. The Hall–Kier alpha value is -1.20. The Kier molecular flexibility index (Phi) is 4.14. The molecule has 1 saturated heterocycles. The van der Waals surface area contributed by atoms with Gasteiger partial charge in [0.2, 0.25) is 0 Å². The summed E-state index contributed by atoms with van der Waals surface area (Å²) in [6.07, 6.45) is 1.63. The molecule has 2 heterocycles. The quantitative estimate of drug-likeness (QED) is 0.885. The van der Waals surface area contributed by atoms with Gasteiger partial charge in [-0.3, -0.25) is 0 Å². The molecule has 0 unspecified atom stereocenters. The molecular weight excluding hydrogens is 230 g/mol. The Balaban J connectivity index is 2.37. The second kappa shape index (κ2) is 5.63. The van der Waals surface area contributed by atoms with Crippen molar-refractivity contribution in [1.29, 1.82) is 0 Å². The lowest BCUT2D eigenvalue weighted by Gasteiger charge is -2.35. The summed E-state index contributed by atoms with van der Waals surface area (Å²) >= 11 is 0. The summed E-state index contributed by atoms with van der Waals surface area (Å²) < 4.78 is 11.4. The SMILES string of the molecule is CCOC1(c2nc(C)cc(NC)n2)CCOCC1. The van der Waals surface area contributed by atoms with Gasteiger partial charge in [-0.05, 0) is 13.8 Å². The van der Waals surface area contributed by atoms with Crippen molar-refractivity contribution in [1.82, 2.24) is 9.97 Å². The van der Waals surface area contributed by atoms with Crippen LogP contribution in [0.25, 0.3) is 0 Å². The van der Waals surface area contributed by atoms with Gasteiger partial charge in [0, 0.05) is 51.5 Å². The average Bonchev–Trinajstić information content (AvgIpc) is 2.39. The molecule has 5 nitrogen and oxygen atoms in total. The molecule has 1 N–H and O–H groups in total. The summed E-state index contributed by atoms with van der Waals surface area (Å²) in [6, 6.07) is 1.93. The van der Waals surface area contributed by atoms with Crippen molar-refractivity contribution >= 4 is 5.82 Å². The van der Waals surface area contributed by atoms with Crippen molar-refractivity contribution in [2.24, 2.45) is 0 Å². The van der Waals surface area contributed by atoms with E-state index in [1.165, 1.54) is 0 Å². The van der Waals surface area contributed by atoms with Crippen LogP contribution in [0.2, 0.25) is 0 Å². The van der Waals surface area contributed by atoms with Crippen LogP contribution >= 0.6 is 0 Å². The van der Waals surface area contributed by atoms with Gasteiger partial charge in [0.25, 0.3) is 0 Å². The summed E-state index contributed by atoms with van der Waals surface area (Å²) in [5.74, 6) is 1.61. The molecule has 0 aliphatic carbocycles. The molecule has 0 atom stereocenters. The molecule has 18 heavy (non-hydrogen) atoms. The number of aryl methyl sites for hydroxylation is 1. The molecule has 1 aliphatic rings. The topological polar surface area (TPSA) is 56.3 Å². The standard InChI is InChI=1S/C13H21N3O2/c1-4-18-13(5-7-17-8-6-13)12-15-10(2)9-11(14-3)16-12/h9H,4-8H2,1-3H3,(H,14,15,16). The normalized spacial score (nSPS) is 18.6. The fourth-order valence-corrected chi connectivity index (χ4v) is 2.31. The predicted octanol–water partition coefficient (Wildman–Crippen LogP) is 1.87. The molecule has 0 bridgehead atoms. The third-order valence-corrected chi connectivity index (χ3v) is 3.24. The maximum atomic E-state index is 5.98. The lowest BCUT2D eigenvalue weighted by molar-refractivity contribution is -0.117. The Bertz CT molecular complexity index is 398. The molecule has 0 radical (unpaired) electrons. The lowest BCUT2D eigenvalue weighted by Crippen LogP contribution is -2.38. The second-order valence-corrected chi connectivity index (χ2v) is 4.51. The highest BCUT2D eigenvalue weighted by atomic mass is 16.5. The van der Waals surface area contributed by atoms with E-state index in [9.17, 15) is 0 Å². The number of hydrogen-bond acceptors (Lipinski definition) is 5. The number of hydrogen-bond donors (Lipinski definition) is 1. The molecule has 5 heteroatoms. The van der Waals surface area contributed by atoms with Crippen molar-refractivity contribution in [2.75, 3.05) is 32.2 Å².